The fourth-order valence-electron chi connectivity index (χ4n) is 2.37. The van der Waals surface area contributed by atoms with Gasteiger partial charge in [0.1, 0.15) is 24.7 Å². The molecule has 1 aromatic rings. The lowest BCUT2D eigenvalue weighted by atomic mass is 9.99. The van der Waals surface area contributed by atoms with Gasteiger partial charge in [-0.1, -0.05) is 23.4 Å². The molecule has 0 amide bonds. The number of nitrogens with two attached hydrogens (primary N) is 1. The topological polar surface area (TPSA) is 111 Å². The monoisotopic (exact) mass is 331 g/mol. The van der Waals surface area contributed by atoms with E-state index >= 15 is 0 Å². The minimum Gasteiger partial charge on any atom is -0.394 e. The minimum absolute atomic E-state index is 0.0195. The van der Waals surface area contributed by atoms with Crippen LogP contribution in [0.4, 0.5) is 10.2 Å². The van der Waals surface area contributed by atoms with E-state index in [1.807, 2.05) is 0 Å². The highest BCUT2D eigenvalue weighted by molar-refractivity contribution is 6.27. The second-order valence-corrected chi connectivity index (χ2v) is 5.46. The van der Waals surface area contributed by atoms with Gasteiger partial charge < -0.3 is 20.7 Å². The van der Waals surface area contributed by atoms with Gasteiger partial charge in [-0.2, -0.15) is 4.98 Å². The van der Waals surface area contributed by atoms with Crippen molar-refractivity contribution in [1.29, 1.82) is 0 Å². The molecule has 1 aliphatic heterocycles. The van der Waals surface area contributed by atoms with Crippen molar-refractivity contribution in [3.8, 4) is 11.8 Å². The van der Waals surface area contributed by atoms with Crippen LogP contribution >= 0.6 is 11.6 Å². The van der Waals surface area contributed by atoms with Gasteiger partial charge in [-0.25, -0.2) is 9.18 Å². The fraction of sp³-hybridized carbons (Fsp3) is 0.538. The lowest BCUT2D eigenvalue weighted by molar-refractivity contribution is -0.0470. The van der Waals surface area contributed by atoms with Gasteiger partial charge in [0, 0.05) is 5.69 Å². The number of nitrogen functional groups attached to an aromatic ring is 1. The molecule has 0 aromatic carbocycles. The summed E-state index contributed by atoms with van der Waals surface area (Å²) in [5, 5.41) is 19.5. The maximum absolute atomic E-state index is 12.4. The molecule has 4 N–H and O–H groups in total. The summed E-state index contributed by atoms with van der Waals surface area (Å²) in [7, 11) is 0. The van der Waals surface area contributed by atoms with Gasteiger partial charge in [0.15, 0.2) is 11.1 Å². The van der Waals surface area contributed by atoms with Crippen LogP contribution in [0.25, 0.3) is 0 Å². The predicted octanol–water partition coefficient (Wildman–Crippen LogP) is -0.665. The SMILES string of the molecule is Cc1cc(N)nc(=O)n1C1OC(CO)[C@H](O)C1(Cl)C#CCF. The zero-order valence-corrected chi connectivity index (χ0v) is 12.4. The number of anilines is 1. The Hall–Kier alpha value is -1.66. The first-order valence-electron chi connectivity index (χ1n) is 6.40. The number of aliphatic hydroxyl groups excluding tert-OH is 2. The first-order valence-corrected chi connectivity index (χ1v) is 6.78. The number of halogens is 2. The van der Waals surface area contributed by atoms with Crippen LogP contribution in [0, 0.1) is 18.8 Å². The summed E-state index contributed by atoms with van der Waals surface area (Å²) in [6.45, 7) is 0.0482. The molecule has 4 atom stereocenters. The van der Waals surface area contributed by atoms with E-state index in [9.17, 15) is 19.4 Å². The molecule has 1 aromatic heterocycles. The normalized spacial score (nSPS) is 30.9. The fourth-order valence-corrected chi connectivity index (χ4v) is 2.72. The highest BCUT2D eigenvalue weighted by atomic mass is 35.5. The van der Waals surface area contributed by atoms with Gasteiger partial charge in [0.05, 0.1) is 6.61 Å². The predicted molar refractivity (Wildman–Crippen MR) is 77.0 cm³/mol. The number of aromatic nitrogens is 2. The standard InChI is InChI=1S/C13H15ClFN3O4/c1-7-5-9(16)17-12(21)18(7)11-13(14,3-2-4-15)10(20)8(6-19)22-11/h5,8,10-11,19-20H,4,6H2,1H3,(H2,16,17,21)/t8?,10-,11?,13?/m0/s1. The quantitative estimate of drug-likeness (QED) is 0.490. The molecule has 0 spiro atoms. The van der Waals surface area contributed by atoms with E-state index in [1.165, 1.54) is 6.07 Å². The van der Waals surface area contributed by atoms with Crippen LogP contribution in [-0.2, 0) is 4.74 Å². The molecule has 1 saturated heterocycles. The molecule has 1 fully saturated rings. The van der Waals surface area contributed by atoms with Gasteiger partial charge in [-0.05, 0) is 13.0 Å². The summed E-state index contributed by atoms with van der Waals surface area (Å²) in [5.74, 6) is 4.52. The third-order valence-electron chi connectivity index (χ3n) is 3.37. The maximum Gasteiger partial charge on any atom is 0.351 e. The molecular formula is C13H15ClFN3O4. The summed E-state index contributed by atoms with van der Waals surface area (Å²) in [6, 6.07) is 1.42. The summed E-state index contributed by atoms with van der Waals surface area (Å²) >= 11 is 6.31. The van der Waals surface area contributed by atoms with Gasteiger partial charge in [-0.15, -0.1) is 0 Å². The highest BCUT2D eigenvalue weighted by Crippen LogP contribution is 2.43. The van der Waals surface area contributed by atoms with E-state index in [0.29, 0.717) is 5.69 Å². The van der Waals surface area contributed by atoms with Crippen LogP contribution in [0.1, 0.15) is 11.9 Å². The Balaban J connectivity index is 2.59. The highest BCUT2D eigenvalue weighted by Gasteiger charge is 2.56. The Morgan fingerprint density at radius 2 is 2.36 bits per heavy atom. The van der Waals surface area contributed by atoms with Crippen molar-refractivity contribution in [2.75, 3.05) is 19.0 Å². The number of nitrogens with zero attached hydrogens (tertiary/aromatic N) is 2. The second-order valence-electron chi connectivity index (χ2n) is 4.83. The molecule has 3 unspecified atom stereocenters. The average molecular weight is 332 g/mol. The smallest absolute Gasteiger partial charge is 0.351 e. The third-order valence-corrected chi connectivity index (χ3v) is 3.88. The average Bonchev–Trinajstić information content (AvgIpc) is 2.69. The minimum atomic E-state index is -1.80. The number of alkyl halides is 2. The first kappa shape index (κ1) is 16.7. The molecule has 9 heteroatoms. The summed E-state index contributed by atoms with van der Waals surface area (Å²) in [6.07, 6.45) is -3.74. The van der Waals surface area contributed by atoms with Crippen molar-refractivity contribution in [3.05, 3.63) is 22.2 Å². The number of ether oxygens (including phenoxy) is 1. The van der Waals surface area contributed by atoms with Crippen LogP contribution < -0.4 is 11.4 Å². The Morgan fingerprint density at radius 1 is 1.68 bits per heavy atom. The van der Waals surface area contributed by atoms with Gasteiger partial charge >= 0.3 is 5.69 Å². The number of rotatable bonds is 2. The molecule has 0 saturated carbocycles. The third kappa shape index (κ3) is 2.68. The van der Waals surface area contributed by atoms with Crippen LogP contribution in [-0.4, -0.2) is 50.1 Å². The van der Waals surface area contributed by atoms with Crippen LogP contribution in [0.5, 0.6) is 0 Å². The summed E-state index contributed by atoms with van der Waals surface area (Å²) in [5.41, 5.74) is 5.12. The lowest BCUT2D eigenvalue weighted by Gasteiger charge is -2.26. The molecule has 2 rings (SSSR count). The van der Waals surface area contributed by atoms with Gasteiger partial charge in [-0.3, -0.25) is 4.57 Å². The molecule has 120 valence electrons. The maximum atomic E-state index is 12.4. The largest absolute Gasteiger partial charge is 0.394 e. The molecule has 0 aliphatic carbocycles. The Kier molecular flexibility index (Phi) is 4.72. The Bertz CT molecular complexity index is 686. The van der Waals surface area contributed by atoms with E-state index < -0.39 is 42.3 Å². The van der Waals surface area contributed by atoms with Gasteiger partial charge in [0.25, 0.3) is 0 Å². The van der Waals surface area contributed by atoms with Crippen LogP contribution in [0.3, 0.4) is 0 Å². The Labute approximate surface area is 130 Å². The number of hydrogen-bond donors (Lipinski definition) is 3. The van der Waals surface area contributed by atoms with E-state index in [2.05, 4.69) is 16.8 Å². The van der Waals surface area contributed by atoms with E-state index in [0.717, 1.165) is 4.57 Å². The molecule has 22 heavy (non-hydrogen) atoms. The van der Waals surface area contributed by atoms with Crippen molar-refractivity contribution in [1.82, 2.24) is 9.55 Å². The zero-order chi connectivity index (χ0) is 16.5. The number of aliphatic hydroxyl groups is 2. The molecule has 0 bridgehead atoms. The van der Waals surface area contributed by atoms with E-state index in [1.54, 1.807) is 6.92 Å². The lowest BCUT2D eigenvalue weighted by Crippen LogP contribution is -2.44. The molecule has 1 aliphatic rings. The van der Waals surface area contributed by atoms with Crippen molar-refractivity contribution < 1.29 is 19.3 Å². The van der Waals surface area contributed by atoms with Gasteiger partial charge in [0.2, 0.25) is 0 Å². The van der Waals surface area contributed by atoms with E-state index in [-0.39, 0.29) is 5.82 Å². The van der Waals surface area contributed by atoms with Crippen molar-refractivity contribution in [2.45, 2.75) is 30.2 Å². The molecule has 2 heterocycles. The van der Waals surface area contributed by atoms with Crippen molar-refractivity contribution in [3.63, 3.8) is 0 Å². The zero-order valence-electron chi connectivity index (χ0n) is 11.7. The van der Waals surface area contributed by atoms with E-state index in [4.69, 9.17) is 22.1 Å². The Morgan fingerprint density at radius 3 is 2.91 bits per heavy atom. The van der Waals surface area contributed by atoms with Crippen molar-refractivity contribution >= 4 is 17.4 Å². The number of aryl methyl sites for hydroxylation is 1. The number of hydrogen-bond acceptors (Lipinski definition) is 6. The molecule has 7 nitrogen and oxygen atoms in total. The van der Waals surface area contributed by atoms with Crippen LogP contribution in [0.15, 0.2) is 10.9 Å². The molecule has 0 radical (unpaired) electrons. The molecular weight excluding hydrogens is 317 g/mol. The summed E-state index contributed by atoms with van der Waals surface area (Å²) < 4.78 is 18.9. The van der Waals surface area contributed by atoms with Crippen LogP contribution in [0.2, 0.25) is 0 Å². The summed E-state index contributed by atoms with van der Waals surface area (Å²) in [4.78, 5) is 13.9. The van der Waals surface area contributed by atoms with Crippen molar-refractivity contribution in [2.24, 2.45) is 0 Å². The second kappa shape index (κ2) is 6.22. The first-order chi connectivity index (χ1) is 10.3.